The van der Waals surface area contributed by atoms with Gasteiger partial charge in [0.1, 0.15) is 30.7 Å². The predicted molar refractivity (Wildman–Crippen MR) is 228 cm³/mol. The van der Waals surface area contributed by atoms with E-state index in [1.54, 1.807) is 0 Å². The topological polar surface area (TPSA) is 86.9 Å². The van der Waals surface area contributed by atoms with Crippen molar-refractivity contribution in [2.24, 2.45) is 0 Å². The van der Waals surface area contributed by atoms with Gasteiger partial charge in [0.15, 0.2) is 0 Å². The Balaban J connectivity index is 1.15. The minimum Gasteiger partial charge on any atom is -0.444 e. The van der Waals surface area contributed by atoms with Gasteiger partial charge in [-0.3, -0.25) is 4.90 Å². The molecule has 1 atom stereocenters. The average molecular weight is 791 g/mol. The minimum absolute atomic E-state index is 0.146. The normalized spacial score (nSPS) is 19.2. The second-order valence-corrected chi connectivity index (χ2v) is 31.0. The fraction of sp³-hybridized carbons (Fsp3) is 0.698. The number of hydrogen-bond donors (Lipinski definition) is 0. The maximum Gasteiger partial charge on any atom is 0.410 e. The Morgan fingerprint density at radius 3 is 1.93 bits per heavy atom. The molecule has 55 heavy (non-hydrogen) atoms. The molecule has 6 rings (SSSR count). The van der Waals surface area contributed by atoms with Crippen molar-refractivity contribution in [3.63, 3.8) is 0 Å². The Labute approximate surface area is 333 Å². The van der Waals surface area contributed by atoms with Crippen LogP contribution in [-0.2, 0) is 27.7 Å². The number of nitrogens with zero attached hydrogens (tertiary/aromatic N) is 6. The van der Waals surface area contributed by atoms with Gasteiger partial charge in [-0.25, -0.2) is 14.8 Å². The van der Waals surface area contributed by atoms with Crippen molar-refractivity contribution < 1.29 is 19.0 Å². The summed E-state index contributed by atoms with van der Waals surface area (Å²) in [6.45, 7) is 25.4. The second kappa shape index (κ2) is 17.7. The van der Waals surface area contributed by atoms with Crippen molar-refractivity contribution in [2.45, 2.75) is 160 Å². The van der Waals surface area contributed by atoms with Crippen LogP contribution in [0.25, 0.3) is 11.3 Å². The summed E-state index contributed by atoms with van der Waals surface area (Å²) in [5, 5.41) is 0. The third-order valence-electron chi connectivity index (χ3n) is 11.6. The number of aromatic nitrogens is 4. The first-order chi connectivity index (χ1) is 26.1. The van der Waals surface area contributed by atoms with E-state index in [0.29, 0.717) is 31.8 Å². The third-order valence-corrected chi connectivity index (χ3v) is 15.0. The fourth-order valence-corrected chi connectivity index (χ4v) is 9.83. The SMILES string of the molecule is CC(C)(C)OC(=O)N1CCC[C@H]1c1ncc(-c2ccc(N3CCC(c4cnc(C5CCCC5)n4COCC[Si](C)(C)C)CC3)cc2)n1COCC[Si](C)(C)C. The molecule has 3 aliphatic rings. The van der Waals surface area contributed by atoms with Crippen LogP contribution in [0.3, 0.4) is 0 Å². The lowest BCUT2D eigenvalue weighted by atomic mass is 9.93. The molecule has 1 amide bonds. The Morgan fingerprint density at radius 2 is 1.33 bits per heavy atom. The van der Waals surface area contributed by atoms with Gasteiger partial charge in [0.2, 0.25) is 0 Å². The Bertz CT molecular complexity index is 1690. The van der Waals surface area contributed by atoms with Crippen LogP contribution in [0.15, 0.2) is 36.7 Å². The standard InChI is InChI=1S/C43H70N6O4Si2/c1-43(2,3)53-42(50)47-22-12-15-37(47)41-45-30-38(49(41)32-52-26-28-55(7,8)9)33-16-18-36(19-17-33)46-23-20-34(21-24-46)39-29-44-40(35-13-10-11-14-35)48(39)31-51-25-27-54(4,5)6/h16-19,29-30,34-35,37H,10-15,20-28,31-32H2,1-9H3/t37-/m0/s1. The van der Waals surface area contributed by atoms with E-state index in [1.807, 2.05) is 31.9 Å². The molecule has 0 radical (unpaired) electrons. The summed E-state index contributed by atoms with van der Waals surface area (Å²) in [5.41, 5.74) is 4.19. The summed E-state index contributed by atoms with van der Waals surface area (Å²) in [7, 11) is -2.39. The molecule has 0 N–H and O–H groups in total. The molecule has 12 heteroatoms. The highest BCUT2D eigenvalue weighted by atomic mass is 28.3. The van der Waals surface area contributed by atoms with E-state index < -0.39 is 21.7 Å². The molecular formula is C43H70N6O4Si2. The van der Waals surface area contributed by atoms with Gasteiger partial charge in [-0.1, -0.05) is 64.3 Å². The van der Waals surface area contributed by atoms with Gasteiger partial charge in [0.05, 0.1) is 17.9 Å². The largest absolute Gasteiger partial charge is 0.444 e. The maximum absolute atomic E-state index is 13.3. The predicted octanol–water partition coefficient (Wildman–Crippen LogP) is 10.5. The van der Waals surface area contributed by atoms with Crippen LogP contribution >= 0.6 is 0 Å². The van der Waals surface area contributed by atoms with Gasteiger partial charge in [-0.05, 0) is 89.1 Å². The molecule has 0 bridgehead atoms. The fourth-order valence-electron chi connectivity index (χ4n) is 8.32. The number of ether oxygens (including phenoxy) is 3. The zero-order valence-electron chi connectivity index (χ0n) is 35.5. The summed E-state index contributed by atoms with van der Waals surface area (Å²) in [5.74, 6) is 3.18. The summed E-state index contributed by atoms with van der Waals surface area (Å²) in [4.78, 5) is 27.7. The van der Waals surface area contributed by atoms with Gasteiger partial charge in [0, 0.05) is 78.4 Å². The average Bonchev–Trinajstić information content (AvgIpc) is 3.94. The highest BCUT2D eigenvalue weighted by Crippen LogP contribution is 2.39. The van der Waals surface area contributed by atoms with Crippen molar-refractivity contribution in [2.75, 3.05) is 37.7 Å². The van der Waals surface area contributed by atoms with Crippen LogP contribution in [0, 0.1) is 0 Å². The van der Waals surface area contributed by atoms with E-state index in [4.69, 9.17) is 24.2 Å². The molecule has 0 unspecified atom stereocenters. The van der Waals surface area contributed by atoms with E-state index in [9.17, 15) is 4.79 Å². The summed E-state index contributed by atoms with van der Waals surface area (Å²) in [6, 6.07) is 11.1. The van der Waals surface area contributed by atoms with Crippen LogP contribution in [0.4, 0.5) is 10.5 Å². The Morgan fingerprint density at radius 1 is 0.727 bits per heavy atom. The van der Waals surface area contributed by atoms with Gasteiger partial charge >= 0.3 is 6.09 Å². The minimum atomic E-state index is -1.24. The van der Waals surface area contributed by atoms with Crippen LogP contribution in [0.2, 0.25) is 51.4 Å². The number of likely N-dealkylation sites (tertiary alicyclic amines) is 1. The van der Waals surface area contributed by atoms with Gasteiger partial charge in [-0.15, -0.1) is 0 Å². The second-order valence-electron chi connectivity index (χ2n) is 19.7. The summed E-state index contributed by atoms with van der Waals surface area (Å²) < 4.78 is 23.1. The highest BCUT2D eigenvalue weighted by molar-refractivity contribution is 6.76. The summed E-state index contributed by atoms with van der Waals surface area (Å²) in [6.07, 6.45) is 13.0. The number of hydrogen-bond acceptors (Lipinski definition) is 7. The third kappa shape index (κ3) is 11.1. The molecule has 2 aliphatic heterocycles. The monoisotopic (exact) mass is 790 g/mol. The van der Waals surface area contributed by atoms with E-state index in [1.165, 1.54) is 48.9 Å². The molecule has 3 fully saturated rings. The Hall–Kier alpha value is -2.94. The first-order valence-corrected chi connectivity index (χ1v) is 28.6. The molecule has 10 nitrogen and oxygen atoms in total. The van der Waals surface area contributed by atoms with Crippen molar-refractivity contribution in [1.29, 1.82) is 0 Å². The van der Waals surface area contributed by atoms with E-state index in [-0.39, 0.29) is 12.1 Å². The van der Waals surface area contributed by atoms with Gasteiger partial charge in [-0.2, -0.15) is 0 Å². The van der Waals surface area contributed by atoms with Crippen LogP contribution in [0.1, 0.15) is 107 Å². The van der Waals surface area contributed by atoms with Crippen molar-refractivity contribution in [1.82, 2.24) is 24.0 Å². The number of carbonyl (C=O) groups excluding carboxylic acids is 1. The van der Waals surface area contributed by atoms with Gasteiger partial charge < -0.3 is 28.2 Å². The van der Waals surface area contributed by atoms with Crippen LogP contribution < -0.4 is 4.90 Å². The van der Waals surface area contributed by atoms with Crippen molar-refractivity contribution in [3.05, 3.63) is 54.0 Å². The smallest absolute Gasteiger partial charge is 0.410 e. The quantitative estimate of drug-likeness (QED) is 0.112. The molecular weight excluding hydrogens is 721 g/mol. The first-order valence-electron chi connectivity index (χ1n) is 21.2. The number of carbonyl (C=O) groups is 1. The molecule has 3 aromatic rings. The maximum atomic E-state index is 13.3. The van der Waals surface area contributed by atoms with Gasteiger partial charge in [0.25, 0.3) is 0 Å². The van der Waals surface area contributed by atoms with E-state index >= 15 is 0 Å². The number of piperidine rings is 1. The molecule has 1 saturated carbocycles. The zero-order chi connectivity index (χ0) is 39.4. The van der Waals surface area contributed by atoms with Crippen LogP contribution in [0.5, 0.6) is 0 Å². The molecule has 0 spiro atoms. The number of amides is 1. The van der Waals surface area contributed by atoms with E-state index in [0.717, 1.165) is 75.1 Å². The lowest BCUT2D eigenvalue weighted by Gasteiger charge is -2.34. The molecule has 1 aromatic carbocycles. The lowest BCUT2D eigenvalue weighted by molar-refractivity contribution is 0.0204. The number of rotatable bonds is 15. The molecule has 304 valence electrons. The Kier molecular flexibility index (Phi) is 13.4. The number of imidazole rings is 2. The summed E-state index contributed by atoms with van der Waals surface area (Å²) >= 11 is 0. The molecule has 4 heterocycles. The number of benzene rings is 1. The van der Waals surface area contributed by atoms with E-state index in [2.05, 4.69) is 83.8 Å². The zero-order valence-corrected chi connectivity index (χ0v) is 37.5. The molecule has 2 saturated heterocycles. The van der Waals surface area contributed by atoms with Crippen molar-refractivity contribution >= 4 is 27.9 Å². The molecule has 2 aromatic heterocycles. The highest BCUT2D eigenvalue weighted by Gasteiger charge is 2.36. The molecule has 1 aliphatic carbocycles. The van der Waals surface area contributed by atoms with Crippen LogP contribution in [-0.4, -0.2) is 84.7 Å². The van der Waals surface area contributed by atoms with Crippen molar-refractivity contribution in [3.8, 4) is 11.3 Å². The first kappa shape index (κ1) is 41.7. The lowest BCUT2D eigenvalue weighted by Crippen LogP contribution is -2.37. The number of anilines is 1.